The summed E-state index contributed by atoms with van der Waals surface area (Å²) in [6.45, 7) is 5.34. The minimum absolute atomic E-state index is 0.0377. The van der Waals surface area contributed by atoms with Crippen molar-refractivity contribution in [3.8, 4) is 0 Å². The average Bonchev–Trinajstić information content (AvgIpc) is 3.34. The Morgan fingerprint density at radius 3 is 2.69 bits per heavy atom. The normalized spacial score (nSPS) is 30.2. The van der Waals surface area contributed by atoms with E-state index < -0.39 is 0 Å². The summed E-state index contributed by atoms with van der Waals surface area (Å²) in [7, 11) is 3.97. The van der Waals surface area contributed by atoms with Crippen molar-refractivity contribution in [1.82, 2.24) is 15.5 Å². The Morgan fingerprint density at radius 1 is 1.24 bits per heavy atom. The van der Waals surface area contributed by atoms with Gasteiger partial charge in [0, 0.05) is 63.4 Å². The van der Waals surface area contributed by atoms with Crippen LogP contribution in [0.2, 0.25) is 0 Å². The molecule has 3 aliphatic heterocycles. The number of likely N-dealkylation sites (tertiary alicyclic amines) is 1. The van der Waals surface area contributed by atoms with Crippen LogP contribution in [0, 0.1) is 11.8 Å². The fourth-order valence-electron chi connectivity index (χ4n) is 5.36. The van der Waals surface area contributed by atoms with Crippen molar-refractivity contribution in [2.75, 3.05) is 51.7 Å². The molecule has 7 heteroatoms. The van der Waals surface area contributed by atoms with E-state index in [1.807, 2.05) is 50.2 Å². The van der Waals surface area contributed by atoms with Crippen LogP contribution in [0.4, 0.5) is 5.69 Å². The van der Waals surface area contributed by atoms with Gasteiger partial charge in [-0.25, -0.2) is 0 Å². The van der Waals surface area contributed by atoms with Gasteiger partial charge in [-0.3, -0.25) is 14.5 Å². The minimum atomic E-state index is -0.125. The van der Waals surface area contributed by atoms with E-state index in [0.717, 1.165) is 31.6 Å². The van der Waals surface area contributed by atoms with Gasteiger partial charge in [-0.2, -0.15) is 0 Å². The lowest BCUT2D eigenvalue weighted by molar-refractivity contribution is -0.122. The summed E-state index contributed by atoms with van der Waals surface area (Å²) in [5.41, 5.74) is 1.63. The molecule has 2 amide bonds. The number of hydrogen-bond donors (Lipinski definition) is 2. The largest absolute Gasteiger partial charge is 0.378 e. The number of rotatable bonds is 7. The van der Waals surface area contributed by atoms with Crippen molar-refractivity contribution < 1.29 is 14.3 Å². The molecule has 3 aliphatic rings. The van der Waals surface area contributed by atoms with Gasteiger partial charge < -0.3 is 20.3 Å². The first-order chi connectivity index (χ1) is 13.9. The Kier molecular flexibility index (Phi) is 5.53. The summed E-state index contributed by atoms with van der Waals surface area (Å²) in [6.07, 6.45) is 2.33. The number of carbonyl (C=O) groups is 2. The number of nitrogens with zero attached hydrogens (tertiary/aromatic N) is 2. The van der Waals surface area contributed by atoms with Crippen molar-refractivity contribution in [3.63, 3.8) is 0 Å². The fourth-order valence-corrected chi connectivity index (χ4v) is 5.36. The van der Waals surface area contributed by atoms with E-state index in [1.54, 1.807) is 0 Å². The van der Waals surface area contributed by atoms with Crippen LogP contribution in [-0.2, 0) is 9.53 Å². The van der Waals surface area contributed by atoms with Crippen molar-refractivity contribution in [2.45, 2.75) is 31.5 Å². The number of fused-ring (bicyclic) bond motifs is 1. The quantitative estimate of drug-likeness (QED) is 0.717. The zero-order valence-corrected chi connectivity index (χ0v) is 17.6. The van der Waals surface area contributed by atoms with Gasteiger partial charge in [-0.1, -0.05) is 0 Å². The molecule has 3 fully saturated rings. The molecule has 1 aromatic carbocycles. The fraction of sp³-hybridized carbons (Fsp3) is 0.636. The second-order valence-electron chi connectivity index (χ2n) is 8.80. The molecule has 0 saturated carbocycles. The Hall–Kier alpha value is -2.12. The highest BCUT2D eigenvalue weighted by Gasteiger charge is 2.62. The van der Waals surface area contributed by atoms with E-state index in [0.29, 0.717) is 37.0 Å². The molecule has 0 aliphatic carbocycles. The maximum absolute atomic E-state index is 12.6. The standard InChI is InChI=1S/C22H32N4O3/c1-4-23-20(27)13-26-12-18-17(19-9-10-22(18,14-26)29-19)11-24-21(28)15-5-7-16(8-6-15)25(2)3/h5-8,17-19H,4,9-14H2,1-3H3,(H,23,27)(H,24,28)/t17-,18+,19+,22+/m0/s1. The van der Waals surface area contributed by atoms with Gasteiger partial charge in [0.1, 0.15) is 0 Å². The average molecular weight is 401 g/mol. The first kappa shape index (κ1) is 20.2. The molecule has 4 rings (SSSR count). The number of hydrogen-bond acceptors (Lipinski definition) is 5. The van der Waals surface area contributed by atoms with E-state index >= 15 is 0 Å². The maximum Gasteiger partial charge on any atom is 0.251 e. The van der Waals surface area contributed by atoms with Crippen molar-refractivity contribution in [2.24, 2.45) is 11.8 Å². The van der Waals surface area contributed by atoms with Gasteiger partial charge in [-0.05, 0) is 44.0 Å². The van der Waals surface area contributed by atoms with Gasteiger partial charge in [0.25, 0.3) is 5.91 Å². The first-order valence-electron chi connectivity index (χ1n) is 10.6. The highest BCUT2D eigenvalue weighted by atomic mass is 16.5. The lowest BCUT2D eigenvalue weighted by Gasteiger charge is -2.29. The lowest BCUT2D eigenvalue weighted by Crippen LogP contribution is -2.41. The van der Waals surface area contributed by atoms with Crippen molar-refractivity contribution in [1.29, 1.82) is 0 Å². The molecule has 0 radical (unpaired) electrons. The predicted molar refractivity (Wildman–Crippen MR) is 112 cm³/mol. The number of amides is 2. The Balaban J connectivity index is 1.36. The number of anilines is 1. The first-order valence-corrected chi connectivity index (χ1v) is 10.6. The summed E-state index contributed by atoms with van der Waals surface area (Å²) >= 11 is 0. The predicted octanol–water partition coefficient (Wildman–Crippen LogP) is 1.10. The van der Waals surface area contributed by atoms with Crippen LogP contribution in [0.15, 0.2) is 24.3 Å². The number of carbonyl (C=O) groups excluding carboxylic acids is 2. The molecule has 3 saturated heterocycles. The number of likely N-dealkylation sites (N-methyl/N-ethyl adjacent to an activating group) is 1. The third-order valence-electron chi connectivity index (χ3n) is 6.74. The summed E-state index contributed by atoms with van der Waals surface area (Å²) in [5.74, 6) is 0.730. The molecule has 7 nitrogen and oxygen atoms in total. The van der Waals surface area contributed by atoms with Crippen LogP contribution < -0.4 is 15.5 Å². The zero-order valence-electron chi connectivity index (χ0n) is 17.6. The molecule has 1 aromatic rings. The van der Waals surface area contributed by atoms with Crippen LogP contribution in [0.1, 0.15) is 30.1 Å². The second kappa shape index (κ2) is 7.95. The summed E-state index contributed by atoms with van der Waals surface area (Å²) in [4.78, 5) is 28.8. The number of nitrogens with one attached hydrogen (secondary N) is 2. The highest BCUT2D eigenvalue weighted by molar-refractivity contribution is 5.94. The molecule has 3 heterocycles. The molecule has 4 atom stereocenters. The third kappa shape index (κ3) is 3.85. The van der Waals surface area contributed by atoms with E-state index in [-0.39, 0.29) is 23.5 Å². The molecule has 2 N–H and O–H groups in total. The van der Waals surface area contributed by atoms with E-state index in [2.05, 4.69) is 15.5 Å². The van der Waals surface area contributed by atoms with E-state index in [1.165, 1.54) is 0 Å². The SMILES string of the molecule is CCNC(=O)CN1C[C@@H]2[C@H](CNC(=O)c3ccc(N(C)C)cc3)[C@H]3CC[C@]2(C1)O3. The molecule has 1 spiro atoms. The summed E-state index contributed by atoms with van der Waals surface area (Å²) in [5, 5.41) is 6.01. The molecule has 0 unspecified atom stereocenters. The molecule has 2 bridgehead atoms. The molecule has 158 valence electrons. The monoisotopic (exact) mass is 400 g/mol. The molecule has 29 heavy (non-hydrogen) atoms. The smallest absolute Gasteiger partial charge is 0.251 e. The van der Waals surface area contributed by atoms with Crippen LogP contribution in [0.3, 0.4) is 0 Å². The van der Waals surface area contributed by atoms with E-state index in [4.69, 9.17) is 4.74 Å². The minimum Gasteiger partial charge on any atom is -0.378 e. The van der Waals surface area contributed by atoms with E-state index in [9.17, 15) is 9.59 Å². The van der Waals surface area contributed by atoms with Gasteiger partial charge in [0.05, 0.1) is 18.2 Å². The number of ether oxygens (including phenoxy) is 1. The second-order valence-corrected chi connectivity index (χ2v) is 8.80. The van der Waals surface area contributed by atoms with Gasteiger partial charge in [-0.15, -0.1) is 0 Å². The van der Waals surface area contributed by atoms with Crippen LogP contribution in [0.25, 0.3) is 0 Å². The third-order valence-corrected chi connectivity index (χ3v) is 6.74. The van der Waals surface area contributed by atoms with Gasteiger partial charge >= 0.3 is 0 Å². The molecular formula is C22H32N4O3. The number of benzene rings is 1. The van der Waals surface area contributed by atoms with Crippen molar-refractivity contribution in [3.05, 3.63) is 29.8 Å². The topological polar surface area (TPSA) is 73.9 Å². The van der Waals surface area contributed by atoms with Crippen molar-refractivity contribution >= 4 is 17.5 Å². The Bertz CT molecular complexity index is 766. The lowest BCUT2D eigenvalue weighted by atomic mass is 9.73. The van der Waals surface area contributed by atoms with Gasteiger partial charge in [0.2, 0.25) is 5.91 Å². The van der Waals surface area contributed by atoms with Gasteiger partial charge in [0.15, 0.2) is 0 Å². The molecular weight excluding hydrogens is 368 g/mol. The van der Waals surface area contributed by atoms with Crippen LogP contribution in [-0.4, -0.2) is 75.2 Å². The summed E-state index contributed by atoms with van der Waals surface area (Å²) in [6, 6.07) is 7.65. The summed E-state index contributed by atoms with van der Waals surface area (Å²) < 4.78 is 6.42. The zero-order chi connectivity index (χ0) is 20.6. The Labute approximate surface area is 172 Å². The highest BCUT2D eigenvalue weighted by Crippen LogP contribution is 2.54. The van der Waals surface area contributed by atoms with Crippen LogP contribution >= 0.6 is 0 Å². The molecule has 0 aromatic heterocycles. The maximum atomic E-state index is 12.6. The van der Waals surface area contributed by atoms with Crippen LogP contribution in [0.5, 0.6) is 0 Å². The Morgan fingerprint density at radius 2 is 2.00 bits per heavy atom.